The Kier molecular flexibility index (Phi) is 5.02. The fourth-order valence-electron chi connectivity index (χ4n) is 3.58. The van der Waals surface area contributed by atoms with Crippen molar-refractivity contribution < 1.29 is 4.79 Å². The van der Waals surface area contributed by atoms with E-state index in [0.717, 1.165) is 38.5 Å². The minimum atomic E-state index is 0.203. The van der Waals surface area contributed by atoms with Gasteiger partial charge in [-0.15, -0.1) is 0 Å². The predicted octanol–water partition coefficient (Wildman–Crippen LogP) is 1.11. The Morgan fingerprint density at radius 3 is 2.70 bits per heavy atom. The molecule has 1 aliphatic heterocycles. The van der Waals surface area contributed by atoms with Crippen LogP contribution in [0.2, 0.25) is 0 Å². The first-order chi connectivity index (χ1) is 11.1. The van der Waals surface area contributed by atoms with Crippen LogP contribution in [0.3, 0.4) is 0 Å². The van der Waals surface area contributed by atoms with Crippen molar-refractivity contribution in [3.8, 4) is 0 Å². The van der Waals surface area contributed by atoms with Gasteiger partial charge in [0.2, 0.25) is 5.91 Å². The number of piperazine rings is 1. The van der Waals surface area contributed by atoms with E-state index in [1.165, 1.54) is 12.8 Å². The van der Waals surface area contributed by atoms with Crippen molar-refractivity contribution >= 4 is 5.91 Å². The van der Waals surface area contributed by atoms with Gasteiger partial charge in [-0.3, -0.25) is 14.6 Å². The average Bonchev–Trinajstić information content (AvgIpc) is 3.33. The Bertz CT molecular complexity index is 539. The molecule has 0 radical (unpaired) electrons. The smallest absolute Gasteiger partial charge is 0.236 e. The normalized spacial score (nSPS) is 22.8. The van der Waals surface area contributed by atoms with E-state index >= 15 is 0 Å². The highest BCUT2D eigenvalue weighted by atomic mass is 16.2. The van der Waals surface area contributed by atoms with E-state index in [1.807, 2.05) is 24.3 Å². The molecule has 0 aromatic carbocycles. The van der Waals surface area contributed by atoms with E-state index in [2.05, 4.69) is 33.2 Å². The molecule has 1 saturated heterocycles. The molecule has 0 bridgehead atoms. The molecule has 1 atom stereocenters. The van der Waals surface area contributed by atoms with Gasteiger partial charge in [-0.25, -0.2) is 4.98 Å². The fraction of sp³-hybridized carbons (Fsp3) is 0.765. The van der Waals surface area contributed by atoms with Gasteiger partial charge in [0.15, 0.2) is 0 Å². The largest absolute Gasteiger partial charge is 0.338 e. The van der Waals surface area contributed by atoms with Crippen LogP contribution in [0.5, 0.6) is 0 Å². The SMILES string of the molecule is CCN(CC(=O)N1CCN(CC)[C@@H](c2nccn2C)C1)C1CC1. The molecule has 1 aromatic rings. The summed E-state index contributed by atoms with van der Waals surface area (Å²) in [7, 11) is 2.03. The van der Waals surface area contributed by atoms with E-state index in [4.69, 9.17) is 0 Å². The van der Waals surface area contributed by atoms with Crippen molar-refractivity contribution in [3.05, 3.63) is 18.2 Å². The summed E-state index contributed by atoms with van der Waals surface area (Å²) in [6.07, 6.45) is 6.33. The van der Waals surface area contributed by atoms with Crippen LogP contribution >= 0.6 is 0 Å². The molecule has 2 aliphatic rings. The van der Waals surface area contributed by atoms with E-state index in [0.29, 0.717) is 12.6 Å². The number of aromatic nitrogens is 2. The number of imidazole rings is 1. The number of nitrogens with zero attached hydrogens (tertiary/aromatic N) is 5. The highest BCUT2D eigenvalue weighted by Crippen LogP contribution is 2.27. The van der Waals surface area contributed by atoms with Crippen LogP contribution in [0, 0.1) is 0 Å². The maximum atomic E-state index is 12.7. The molecular formula is C17H29N5O. The van der Waals surface area contributed by atoms with E-state index < -0.39 is 0 Å². The maximum Gasteiger partial charge on any atom is 0.236 e. The predicted molar refractivity (Wildman–Crippen MR) is 90.0 cm³/mol. The third-order valence-corrected chi connectivity index (χ3v) is 5.21. The molecule has 1 saturated carbocycles. The van der Waals surface area contributed by atoms with Crippen LogP contribution in [-0.2, 0) is 11.8 Å². The van der Waals surface area contributed by atoms with Crippen LogP contribution in [0.15, 0.2) is 12.4 Å². The second-order valence-corrected chi connectivity index (χ2v) is 6.67. The molecule has 2 fully saturated rings. The maximum absolute atomic E-state index is 12.7. The van der Waals surface area contributed by atoms with Gasteiger partial charge in [-0.1, -0.05) is 13.8 Å². The lowest BCUT2D eigenvalue weighted by atomic mass is 10.1. The lowest BCUT2D eigenvalue weighted by molar-refractivity contribution is -0.135. The number of amides is 1. The Morgan fingerprint density at radius 1 is 1.35 bits per heavy atom. The summed E-state index contributed by atoms with van der Waals surface area (Å²) in [5.74, 6) is 1.33. The third kappa shape index (κ3) is 3.58. The molecule has 0 unspecified atom stereocenters. The molecule has 6 heteroatoms. The summed E-state index contributed by atoms with van der Waals surface area (Å²) in [6, 6.07) is 0.847. The number of rotatable bonds is 6. The molecule has 2 heterocycles. The average molecular weight is 319 g/mol. The van der Waals surface area contributed by atoms with E-state index in [9.17, 15) is 4.79 Å². The van der Waals surface area contributed by atoms with Gasteiger partial charge in [0.05, 0.1) is 12.6 Å². The number of hydrogen-bond acceptors (Lipinski definition) is 4. The zero-order valence-electron chi connectivity index (χ0n) is 14.6. The van der Waals surface area contributed by atoms with Crippen molar-refractivity contribution in [1.82, 2.24) is 24.3 Å². The summed E-state index contributed by atoms with van der Waals surface area (Å²) < 4.78 is 2.07. The second kappa shape index (κ2) is 7.01. The molecule has 0 spiro atoms. The third-order valence-electron chi connectivity index (χ3n) is 5.21. The molecule has 1 aliphatic carbocycles. The summed E-state index contributed by atoms with van der Waals surface area (Å²) in [5, 5.41) is 0. The Labute approximate surface area is 139 Å². The molecule has 3 rings (SSSR count). The monoisotopic (exact) mass is 319 g/mol. The second-order valence-electron chi connectivity index (χ2n) is 6.67. The van der Waals surface area contributed by atoms with Gasteiger partial charge in [0.1, 0.15) is 5.82 Å². The van der Waals surface area contributed by atoms with Crippen LogP contribution in [-0.4, -0.2) is 75.5 Å². The first-order valence-corrected chi connectivity index (χ1v) is 8.87. The van der Waals surface area contributed by atoms with Crippen LogP contribution < -0.4 is 0 Å². The Morgan fingerprint density at radius 2 is 2.13 bits per heavy atom. The Hall–Kier alpha value is -1.40. The number of carbonyl (C=O) groups excluding carboxylic acids is 1. The van der Waals surface area contributed by atoms with Crippen molar-refractivity contribution in [2.45, 2.75) is 38.8 Å². The van der Waals surface area contributed by atoms with Crippen LogP contribution in [0.25, 0.3) is 0 Å². The van der Waals surface area contributed by atoms with Gasteiger partial charge >= 0.3 is 0 Å². The molecule has 23 heavy (non-hydrogen) atoms. The van der Waals surface area contributed by atoms with Crippen molar-refractivity contribution in [2.24, 2.45) is 7.05 Å². The van der Waals surface area contributed by atoms with Gasteiger partial charge in [0, 0.05) is 45.1 Å². The first-order valence-electron chi connectivity index (χ1n) is 8.87. The molecule has 128 valence electrons. The standard InChI is InChI=1S/C17H29N5O/c1-4-20-10-11-22(12-15(20)17-18-8-9-19(17)3)16(23)13-21(5-2)14-6-7-14/h8-9,14-15H,4-7,10-13H2,1-3H3/t15-/m1/s1. The fourth-order valence-corrected chi connectivity index (χ4v) is 3.58. The first kappa shape index (κ1) is 16.5. The summed E-state index contributed by atoms with van der Waals surface area (Å²) in [5.41, 5.74) is 0. The number of hydrogen-bond donors (Lipinski definition) is 0. The topological polar surface area (TPSA) is 44.6 Å². The lowest BCUT2D eigenvalue weighted by Gasteiger charge is -2.41. The van der Waals surface area contributed by atoms with E-state index in [1.54, 1.807) is 0 Å². The summed E-state index contributed by atoms with van der Waals surface area (Å²) in [6.45, 7) is 9.36. The summed E-state index contributed by atoms with van der Waals surface area (Å²) in [4.78, 5) is 24.0. The van der Waals surface area contributed by atoms with Gasteiger partial charge in [0.25, 0.3) is 0 Å². The lowest BCUT2D eigenvalue weighted by Crippen LogP contribution is -2.53. The van der Waals surface area contributed by atoms with Crippen molar-refractivity contribution in [2.75, 3.05) is 39.3 Å². The van der Waals surface area contributed by atoms with E-state index in [-0.39, 0.29) is 11.9 Å². The number of aryl methyl sites for hydroxylation is 1. The molecular weight excluding hydrogens is 290 g/mol. The van der Waals surface area contributed by atoms with Crippen LogP contribution in [0.4, 0.5) is 0 Å². The quantitative estimate of drug-likeness (QED) is 0.788. The van der Waals surface area contributed by atoms with Crippen molar-refractivity contribution in [1.29, 1.82) is 0 Å². The minimum Gasteiger partial charge on any atom is -0.338 e. The molecule has 1 amide bonds. The zero-order chi connectivity index (χ0) is 16.4. The molecule has 6 nitrogen and oxygen atoms in total. The van der Waals surface area contributed by atoms with Gasteiger partial charge in [-0.05, 0) is 25.9 Å². The highest BCUT2D eigenvalue weighted by molar-refractivity contribution is 5.78. The minimum absolute atomic E-state index is 0.203. The summed E-state index contributed by atoms with van der Waals surface area (Å²) >= 11 is 0. The van der Waals surface area contributed by atoms with Crippen LogP contribution in [0.1, 0.15) is 38.6 Å². The van der Waals surface area contributed by atoms with Gasteiger partial charge < -0.3 is 9.47 Å². The number of carbonyl (C=O) groups is 1. The molecule has 0 N–H and O–H groups in total. The zero-order valence-corrected chi connectivity index (χ0v) is 14.6. The van der Waals surface area contributed by atoms with Gasteiger partial charge in [-0.2, -0.15) is 0 Å². The molecule has 1 aromatic heterocycles. The van der Waals surface area contributed by atoms with Crippen molar-refractivity contribution in [3.63, 3.8) is 0 Å². The number of likely N-dealkylation sites (N-methyl/N-ethyl adjacent to an activating group) is 2. The highest BCUT2D eigenvalue weighted by Gasteiger charge is 2.34. The Balaban J connectivity index is 1.67.